The zero-order chi connectivity index (χ0) is 9.19. The predicted molar refractivity (Wildman–Crippen MR) is 43.3 cm³/mol. The lowest BCUT2D eigenvalue weighted by Crippen LogP contribution is -2.40. The SMILES string of the molecule is CC(C)(ONC1=CCC1)C(=O)O. The van der Waals surface area contributed by atoms with Crippen molar-refractivity contribution in [1.82, 2.24) is 5.48 Å². The topological polar surface area (TPSA) is 58.6 Å². The molecule has 0 aromatic rings. The van der Waals surface area contributed by atoms with Crippen molar-refractivity contribution in [3.63, 3.8) is 0 Å². The molecule has 0 radical (unpaired) electrons. The zero-order valence-electron chi connectivity index (χ0n) is 7.26. The van der Waals surface area contributed by atoms with Crippen LogP contribution in [0.4, 0.5) is 0 Å². The van der Waals surface area contributed by atoms with E-state index in [-0.39, 0.29) is 0 Å². The van der Waals surface area contributed by atoms with Gasteiger partial charge in [-0.1, -0.05) is 6.08 Å². The molecule has 0 spiro atoms. The van der Waals surface area contributed by atoms with Crippen LogP contribution in [0.5, 0.6) is 0 Å². The highest BCUT2D eigenvalue weighted by atomic mass is 16.7. The predicted octanol–water partition coefficient (Wildman–Crippen LogP) is 1.05. The minimum atomic E-state index is -1.17. The lowest BCUT2D eigenvalue weighted by atomic mass is 10.1. The number of hydrogen-bond acceptors (Lipinski definition) is 3. The number of carboxylic acids is 1. The summed E-state index contributed by atoms with van der Waals surface area (Å²) in [6.07, 6.45) is 3.95. The molecule has 0 fully saturated rings. The van der Waals surface area contributed by atoms with Crippen molar-refractivity contribution in [2.24, 2.45) is 0 Å². The van der Waals surface area contributed by atoms with E-state index in [1.165, 1.54) is 13.8 Å². The van der Waals surface area contributed by atoms with Crippen molar-refractivity contribution in [3.8, 4) is 0 Å². The summed E-state index contributed by atoms with van der Waals surface area (Å²) in [5, 5.41) is 8.66. The third-order valence-corrected chi connectivity index (χ3v) is 1.76. The number of hydrogen-bond donors (Lipinski definition) is 2. The molecule has 12 heavy (non-hydrogen) atoms. The summed E-state index contributed by atoms with van der Waals surface area (Å²) in [5.74, 6) is -0.977. The molecule has 0 amide bonds. The summed E-state index contributed by atoms with van der Waals surface area (Å²) in [6, 6.07) is 0. The molecule has 1 aliphatic carbocycles. The van der Waals surface area contributed by atoms with Gasteiger partial charge in [0.25, 0.3) is 0 Å². The zero-order valence-corrected chi connectivity index (χ0v) is 7.26. The third-order valence-electron chi connectivity index (χ3n) is 1.76. The number of carbonyl (C=O) groups is 1. The van der Waals surface area contributed by atoms with E-state index in [0.717, 1.165) is 18.5 Å². The number of carboxylic acid groups (broad SMARTS) is 1. The fraction of sp³-hybridized carbons (Fsp3) is 0.625. The molecule has 0 saturated carbocycles. The Balaban J connectivity index is 2.34. The van der Waals surface area contributed by atoms with Crippen molar-refractivity contribution in [2.45, 2.75) is 32.3 Å². The summed E-state index contributed by atoms with van der Waals surface area (Å²) in [6.45, 7) is 3.00. The van der Waals surface area contributed by atoms with Crippen molar-refractivity contribution in [2.75, 3.05) is 0 Å². The van der Waals surface area contributed by atoms with Crippen LogP contribution in [0.25, 0.3) is 0 Å². The summed E-state index contributed by atoms with van der Waals surface area (Å²) in [5.41, 5.74) is 2.41. The van der Waals surface area contributed by atoms with Gasteiger partial charge in [0.2, 0.25) is 0 Å². The summed E-state index contributed by atoms with van der Waals surface area (Å²) < 4.78 is 0. The highest BCUT2D eigenvalue weighted by Crippen LogP contribution is 2.16. The van der Waals surface area contributed by atoms with Gasteiger partial charge in [-0.05, 0) is 26.7 Å². The molecule has 0 aliphatic heterocycles. The van der Waals surface area contributed by atoms with E-state index in [2.05, 4.69) is 5.48 Å². The first-order chi connectivity index (χ1) is 5.52. The van der Waals surface area contributed by atoms with E-state index >= 15 is 0 Å². The van der Waals surface area contributed by atoms with E-state index in [1.54, 1.807) is 0 Å². The van der Waals surface area contributed by atoms with E-state index in [4.69, 9.17) is 9.94 Å². The molecule has 68 valence electrons. The average Bonchev–Trinajstić information content (AvgIpc) is 1.83. The summed E-state index contributed by atoms with van der Waals surface area (Å²) in [4.78, 5) is 15.5. The fourth-order valence-corrected chi connectivity index (χ4v) is 0.618. The second kappa shape index (κ2) is 3.15. The van der Waals surface area contributed by atoms with Crippen molar-refractivity contribution < 1.29 is 14.7 Å². The van der Waals surface area contributed by atoms with Gasteiger partial charge in [-0.15, -0.1) is 0 Å². The van der Waals surface area contributed by atoms with E-state index in [9.17, 15) is 4.79 Å². The third kappa shape index (κ3) is 1.98. The molecular weight excluding hydrogens is 158 g/mol. The molecule has 4 nitrogen and oxygen atoms in total. The molecule has 1 aliphatic rings. The molecule has 1 rings (SSSR count). The minimum Gasteiger partial charge on any atom is -0.479 e. The van der Waals surface area contributed by atoms with Crippen LogP contribution in [0.1, 0.15) is 26.7 Å². The van der Waals surface area contributed by atoms with Gasteiger partial charge in [-0.3, -0.25) is 10.3 Å². The van der Waals surface area contributed by atoms with Gasteiger partial charge in [-0.25, -0.2) is 4.79 Å². The number of nitrogens with one attached hydrogen (secondary N) is 1. The Morgan fingerprint density at radius 3 is 2.67 bits per heavy atom. The van der Waals surface area contributed by atoms with Crippen LogP contribution in [0.2, 0.25) is 0 Å². The molecule has 0 unspecified atom stereocenters. The van der Waals surface area contributed by atoms with Crippen LogP contribution in [0, 0.1) is 0 Å². The lowest BCUT2D eigenvalue weighted by Gasteiger charge is -2.24. The first kappa shape index (κ1) is 9.06. The van der Waals surface area contributed by atoms with Crippen molar-refractivity contribution in [1.29, 1.82) is 0 Å². The largest absolute Gasteiger partial charge is 0.479 e. The highest BCUT2D eigenvalue weighted by Gasteiger charge is 2.29. The van der Waals surface area contributed by atoms with Gasteiger partial charge in [-0.2, -0.15) is 0 Å². The molecule has 2 N–H and O–H groups in total. The normalized spacial score (nSPS) is 16.3. The van der Waals surface area contributed by atoms with Crippen LogP contribution in [-0.2, 0) is 9.63 Å². The van der Waals surface area contributed by atoms with Crippen molar-refractivity contribution in [3.05, 3.63) is 11.8 Å². The first-order valence-corrected chi connectivity index (χ1v) is 3.89. The minimum absolute atomic E-state index is 0.940. The number of rotatable bonds is 4. The number of aliphatic carboxylic acids is 1. The molecule has 0 aromatic carbocycles. The van der Waals surface area contributed by atoms with E-state index in [0.29, 0.717) is 0 Å². The molecule has 0 bridgehead atoms. The number of allylic oxidation sites excluding steroid dienone is 2. The maximum absolute atomic E-state index is 10.6. The van der Waals surface area contributed by atoms with E-state index in [1.807, 2.05) is 6.08 Å². The maximum atomic E-state index is 10.6. The van der Waals surface area contributed by atoms with Crippen LogP contribution >= 0.6 is 0 Å². The Morgan fingerprint density at radius 2 is 2.33 bits per heavy atom. The van der Waals surface area contributed by atoms with Gasteiger partial charge in [0.15, 0.2) is 5.60 Å². The van der Waals surface area contributed by atoms with Crippen molar-refractivity contribution >= 4 is 5.97 Å². The van der Waals surface area contributed by atoms with Gasteiger partial charge in [0, 0.05) is 5.70 Å². The molecule has 0 atom stereocenters. The molecule has 0 aromatic heterocycles. The summed E-state index contributed by atoms with van der Waals surface area (Å²) >= 11 is 0. The van der Waals surface area contributed by atoms with Gasteiger partial charge < -0.3 is 5.11 Å². The Kier molecular flexibility index (Phi) is 2.38. The van der Waals surface area contributed by atoms with Gasteiger partial charge >= 0.3 is 5.97 Å². The summed E-state index contributed by atoms with van der Waals surface area (Å²) in [7, 11) is 0. The van der Waals surface area contributed by atoms with Gasteiger partial charge in [0.1, 0.15) is 0 Å². The van der Waals surface area contributed by atoms with Crippen LogP contribution in [-0.4, -0.2) is 16.7 Å². The highest BCUT2D eigenvalue weighted by molar-refractivity contribution is 5.76. The standard InChI is InChI=1S/C8H13NO3/c1-8(2,7(10)11)12-9-6-4-3-5-6/h4,9H,3,5H2,1-2H3,(H,10,11). The van der Waals surface area contributed by atoms with Crippen LogP contribution in [0.15, 0.2) is 11.8 Å². The average molecular weight is 171 g/mol. The Hall–Kier alpha value is -1.03. The Bertz CT molecular complexity index is 220. The molecule has 4 heteroatoms. The Morgan fingerprint density at radius 1 is 1.75 bits per heavy atom. The second-order valence-corrected chi connectivity index (χ2v) is 3.29. The lowest BCUT2D eigenvalue weighted by molar-refractivity contribution is -0.168. The van der Waals surface area contributed by atoms with Crippen LogP contribution < -0.4 is 5.48 Å². The monoisotopic (exact) mass is 171 g/mol. The molecular formula is C8H13NO3. The second-order valence-electron chi connectivity index (χ2n) is 3.29. The first-order valence-electron chi connectivity index (χ1n) is 3.89. The fourth-order valence-electron chi connectivity index (χ4n) is 0.618. The number of hydroxylamine groups is 1. The molecule has 0 heterocycles. The van der Waals surface area contributed by atoms with Crippen LogP contribution in [0.3, 0.4) is 0 Å². The quantitative estimate of drug-likeness (QED) is 0.621. The molecule has 0 saturated heterocycles. The maximum Gasteiger partial charge on any atom is 0.338 e. The Labute approximate surface area is 71.2 Å². The van der Waals surface area contributed by atoms with Gasteiger partial charge in [0.05, 0.1) is 0 Å². The smallest absolute Gasteiger partial charge is 0.338 e. The van der Waals surface area contributed by atoms with E-state index < -0.39 is 11.6 Å².